The van der Waals surface area contributed by atoms with E-state index in [1.807, 2.05) is 31.2 Å². The summed E-state index contributed by atoms with van der Waals surface area (Å²) in [4.78, 5) is 39.6. The number of nitrogens with zero attached hydrogens (tertiary/aromatic N) is 1. The van der Waals surface area contributed by atoms with Crippen molar-refractivity contribution >= 4 is 29.6 Å². The number of carbonyl (C=O) groups excluding carboxylic acids is 3. The number of benzene rings is 3. The molecule has 1 N–H and O–H groups in total. The largest absolute Gasteiger partial charge is 0.497 e. The Morgan fingerprint density at radius 3 is 2.39 bits per heavy atom. The van der Waals surface area contributed by atoms with Gasteiger partial charge < -0.3 is 14.2 Å². The number of anilines is 1. The maximum Gasteiger partial charge on any atom is 0.335 e. The molecular weight excluding hydrogens is 484 g/mol. The number of urea groups is 1. The zero-order valence-electron chi connectivity index (χ0n) is 21.7. The Morgan fingerprint density at radius 1 is 0.921 bits per heavy atom. The molecule has 0 saturated carbocycles. The highest BCUT2D eigenvalue weighted by molar-refractivity contribution is 6.39. The lowest BCUT2D eigenvalue weighted by Gasteiger charge is -2.26. The van der Waals surface area contributed by atoms with E-state index in [9.17, 15) is 14.4 Å². The number of hydrogen-bond donors (Lipinski definition) is 1. The zero-order valence-corrected chi connectivity index (χ0v) is 21.7. The lowest BCUT2D eigenvalue weighted by atomic mass is 10.1. The van der Waals surface area contributed by atoms with Crippen molar-refractivity contribution in [1.29, 1.82) is 0 Å². The molecule has 0 aromatic heterocycles. The predicted octanol–water partition coefficient (Wildman–Crippen LogP) is 5.43. The van der Waals surface area contributed by atoms with Gasteiger partial charge in [-0.15, -0.1) is 0 Å². The monoisotopic (exact) mass is 514 g/mol. The summed E-state index contributed by atoms with van der Waals surface area (Å²) in [6, 6.07) is 18.8. The summed E-state index contributed by atoms with van der Waals surface area (Å²) in [5, 5.41) is 2.25. The van der Waals surface area contributed by atoms with Crippen molar-refractivity contribution in [3.63, 3.8) is 0 Å². The fraction of sp³-hybridized carbons (Fsp3) is 0.233. The number of carbonyl (C=O) groups is 3. The molecule has 1 aliphatic rings. The van der Waals surface area contributed by atoms with E-state index in [2.05, 4.69) is 12.2 Å². The number of barbiturate groups is 1. The number of methoxy groups -OCH3 is 1. The molecule has 0 spiro atoms. The lowest BCUT2D eigenvalue weighted by Crippen LogP contribution is -2.54. The first-order valence-corrected chi connectivity index (χ1v) is 12.4. The summed E-state index contributed by atoms with van der Waals surface area (Å²) in [5.41, 5.74) is 2.69. The molecule has 4 rings (SSSR count). The van der Waals surface area contributed by atoms with E-state index in [-0.39, 0.29) is 12.2 Å². The van der Waals surface area contributed by atoms with E-state index >= 15 is 0 Å². The maximum atomic E-state index is 13.4. The fourth-order valence-corrected chi connectivity index (χ4v) is 3.92. The normalized spacial score (nSPS) is 14.4. The van der Waals surface area contributed by atoms with Crippen molar-refractivity contribution in [3.8, 4) is 17.2 Å². The molecule has 0 radical (unpaired) electrons. The molecule has 38 heavy (non-hydrogen) atoms. The van der Waals surface area contributed by atoms with Crippen LogP contribution in [0.5, 0.6) is 17.2 Å². The smallest absolute Gasteiger partial charge is 0.335 e. The number of amides is 4. The standard InChI is InChI=1S/C30H30N2O6/c1-4-5-15-37-24-13-10-23(11-14-24)32-29(34)26(28(33)31-30(32)35)17-22-9-12-25(36-3)18-27(22)38-19-21-8-6-7-20(2)16-21/h6-14,16-18H,4-5,15,19H2,1-3H3,(H,31,33,35)/b26-17-. The minimum Gasteiger partial charge on any atom is -0.497 e. The van der Waals surface area contributed by atoms with Gasteiger partial charge in [-0.2, -0.15) is 0 Å². The van der Waals surface area contributed by atoms with Crippen LogP contribution in [0, 0.1) is 6.92 Å². The van der Waals surface area contributed by atoms with Crippen molar-refractivity contribution in [1.82, 2.24) is 5.32 Å². The van der Waals surface area contributed by atoms with E-state index in [0.29, 0.717) is 35.1 Å². The van der Waals surface area contributed by atoms with Crippen molar-refractivity contribution < 1.29 is 28.6 Å². The van der Waals surface area contributed by atoms with Crippen LogP contribution in [-0.2, 0) is 16.2 Å². The Balaban J connectivity index is 1.61. The minimum atomic E-state index is -0.817. The second-order valence-electron chi connectivity index (χ2n) is 8.84. The molecule has 3 aromatic rings. The average Bonchev–Trinajstić information content (AvgIpc) is 2.91. The number of nitrogens with one attached hydrogen (secondary N) is 1. The van der Waals surface area contributed by atoms with E-state index in [1.54, 1.807) is 49.6 Å². The highest BCUT2D eigenvalue weighted by Crippen LogP contribution is 2.30. The van der Waals surface area contributed by atoms with E-state index in [1.165, 1.54) is 6.08 Å². The third-order valence-corrected chi connectivity index (χ3v) is 5.96. The van der Waals surface area contributed by atoms with Crippen LogP contribution in [0.15, 0.2) is 72.3 Å². The van der Waals surface area contributed by atoms with Crippen LogP contribution in [0.1, 0.15) is 36.5 Å². The summed E-state index contributed by atoms with van der Waals surface area (Å²) in [7, 11) is 1.54. The molecule has 196 valence electrons. The number of rotatable bonds is 10. The lowest BCUT2D eigenvalue weighted by molar-refractivity contribution is -0.122. The van der Waals surface area contributed by atoms with Crippen molar-refractivity contribution in [2.24, 2.45) is 0 Å². The van der Waals surface area contributed by atoms with Crippen LogP contribution in [-0.4, -0.2) is 31.6 Å². The highest BCUT2D eigenvalue weighted by atomic mass is 16.5. The maximum absolute atomic E-state index is 13.4. The molecule has 1 aliphatic heterocycles. The van der Waals surface area contributed by atoms with Gasteiger partial charge in [0.25, 0.3) is 11.8 Å². The summed E-state index contributed by atoms with van der Waals surface area (Å²) >= 11 is 0. The molecule has 1 saturated heterocycles. The minimum absolute atomic E-state index is 0.196. The second kappa shape index (κ2) is 12.1. The quantitative estimate of drug-likeness (QED) is 0.220. The number of hydrogen-bond acceptors (Lipinski definition) is 6. The molecule has 8 nitrogen and oxygen atoms in total. The number of ether oxygens (including phenoxy) is 3. The Labute approximate surface area is 221 Å². The van der Waals surface area contributed by atoms with E-state index in [0.717, 1.165) is 28.9 Å². The fourth-order valence-electron chi connectivity index (χ4n) is 3.92. The van der Waals surface area contributed by atoms with Crippen LogP contribution < -0.4 is 24.4 Å². The Hall–Kier alpha value is -4.59. The van der Waals surface area contributed by atoms with Crippen molar-refractivity contribution in [2.75, 3.05) is 18.6 Å². The van der Waals surface area contributed by atoms with Gasteiger partial charge in [-0.1, -0.05) is 43.2 Å². The zero-order chi connectivity index (χ0) is 27.1. The van der Waals surface area contributed by atoms with E-state index < -0.39 is 17.8 Å². The first-order valence-electron chi connectivity index (χ1n) is 12.4. The molecule has 8 heteroatoms. The topological polar surface area (TPSA) is 94.2 Å². The first kappa shape index (κ1) is 26.5. The van der Waals surface area contributed by atoms with Gasteiger partial charge in [0.05, 0.1) is 19.4 Å². The van der Waals surface area contributed by atoms with Gasteiger partial charge in [-0.05, 0) is 61.4 Å². The molecule has 1 heterocycles. The molecule has 0 bridgehead atoms. The summed E-state index contributed by atoms with van der Waals surface area (Å²) < 4.78 is 17.0. The van der Waals surface area contributed by atoms with Crippen molar-refractivity contribution in [3.05, 3.63) is 89.0 Å². The molecule has 0 unspecified atom stereocenters. The third-order valence-electron chi connectivity index (χ3n) is 5.96. The van der Waals surface area contributed by atoms with Gasteiger partial charge in [-0.3, -0.25) is 14.9 Å². The van der Waals surface area contributed by atoms with Crippen LogP contribution in [0.25, 0.3) is 6.08 Å². The number of unbranched alkanes of at least 4 members (excludes halogenated alkanes) is 1. The van der Waals surface area contributed by atoms with Crippen LogP contribution >= 0.6 is 0 Å². The summed E-state index contributed by atoms with van der Waals surface area (Å²) in [5.74, 6) is 0.0995. The summed E-state index contributed by atoms with van der Waals surface area (Å²) in [6.07, 6.45) is 3.36. The van der Waals surface area contributed by atoms with Gasteiger partial charge in [0.2, 0.25) is 0 Å². The van der Waals surface area contributed by atoms with Crippen LogP contribution in [0.4, 0.5) is 10.5 Å². The molecule has 0 aliphatic carbocycles. The van der Waals surface area contributed by atoms with Crippen molar-refractivity contribution in [2.45, 2.75) is 33.3 Å². The molecule has 3 aromatic carbocycles. The van der Waals surface area contributed by atoms with Gasteiger partial charge in [0.15, 0.2) is 0 Å². The highest BCUT2D eigenvalue weighted by Gasteiger charge is 2.37. The second-order valence-corrected chi connectivity index (χ2v) is 8.84. The van der Waals surface area contributed by atoms with Gasteiger partial charge in [0.1, 0.15) is 29.4 Å². The molecule has 4 amide bonds. The Morgan fingerprint density at radius 2 is 1.68 bits per heavy atom. The van der Waals surface area contributed by atoms with Crippen LogP contribution in [0.2, 0.25) is 0 Å². The predicted molar refractivity (Wildman–Crippen MR) is 144 cm³/mol. The summed E-state index contributed by atoms with van der Waals surface area (Å²) in [6.45, 7) is 4.93. The molecule has 1 fully saturated rings. The molecule has 0 atom stereocenters. The van der Waals surface area contributed by atoms with Gasteiger partial charge in [0, 0.05) is 11.6 Å². The van der Waals surface area contributed by atoms with E-state index in [4.69, 9.17) is 14.2 Å². The Kier molecular flexibility index (Phi) is 8.43. The number of imide groups is 2. The van der Waals surface area contributed by atoms with Crippen LogP contribution in [0.3, 0.4) is 0 Å². The average molecular weight is 515 g/mol. The Bertz CT molecular complexity index is 1360. The SMILES string of the molecule is CCCCOc1ccc(N2C(=O)NC(=O)/C(=C/c3ccc(OC)cc3OCc3cccc(C)c3)C2=O)cc1. The van der Waals surface area contributed by atoms with Gasteiger partial charge >= 0.3 is 6.03 Å². The van der Waals surface area contributed by atoms with Gasteiger partial charge in [-0.25, -0.2) is 9.69 Å². The number of aryl methyl sites for hydroxylation is 1. The third kappa shape index (κ3) is 6.21. The molecular formula is C30H30N2O6. The first-order chi connectivity index (χ1) is 18.4.